The number of nitrogens with one attached hydrogen (secondary N) is 1. The van der Waals surface area contributed by atoms with E-state index in [0.29, 0.717) is 26.3 Å². The third kappa shape index (κ3) is 3.94. The Morgan fingerprint density at radius 2 is 1.88 bits per heavy atom. The number of amides is 2. The number of benzene rings is 2. The van der Waals surface area contributed by atoms with Gasteiger partial charge in [-0.25, -0.2) is 0 Å². The summed E-state index contributed by atoms with van der Waals surface area (Å²) in [5.41, 5.74) is 1.35. The number of para-hydroxylation sites is 2. The SMILES string of the molecule is C[C@@H]1CC(=O)Nc2ccccc2N1C(=O)CSc1c(Cl)cccc1Cl. The molecule has 0 radical (unpaired) electrons. The highest BCUT2D eigenvalue weighted by Crippen LogP contribution is 2.36. The first-order chi connectivity index (χ1) is 12.0. The molecule has 0 unspecified atom stereocenters. The highest BCUT2D eigenvalue weighted by Gasteiger charge is 2.29. The third-order valence-corrected chi connectivity index (χ3v) is 5.86. The van der Waals surface area contributed by atoms with Crippen molar-refractivity contribution in [2.24, 2.45) is 0 Å². The van der Waals surface area contributed by atoms with Gasteiger partial charge in [0.2, 0.25) is 11.8 Å². The number of hydrogen-bond donors (Lipinski definition) is 1. The number of halogens is 2. The first-order valence-electron chi connectivity index (χ1n) is 7.75. The zero-order chi connectivity index (χ0) is 18.0. The second-order valence-corrected chi connectivity index (χ2v) is 7.52. The quantitative estimate of drug-likeness (QED) is 0.756. The summed E-state index contributed by atoms with van der Waals surface area (Å²) in [6.07, 6.45) is 0.248. The van der Waals surface area contributed by atoms with Gasteiger partial charge in [0, 0.05) is 17.4 Å². The van der Waals surface area contributed by atoms with Crippen molar-refractivity contribution in [1.82, 2.24) is 0 Å². The van der Waals surface area contributed by atoms with Gasteiger partial charge in [-0.3, -0.25) is 9.59 Å². The smallest absolute Gasteiger partial charge is 0.237 e. The highest BCUT2D eigenvalue weighted by molar-refractivity contribution is 8.00. The Labute approximate surface area is 160 Å². The van der Waals surface area contributed by atoms with Crippen molar-refractivity contribution in [1.29, 1.82) is 0 Å². The number of fused-ring (bicyclic) bond motifs is 1. The van der Waals surface area contributed by atoms with E-state index in [2.05, 4.69) is 5.32 Å². The summed E-state index contributed by atoms with van der Waals surface area (Å²) in [5.74, 6) is -0.0226. The molecule has 4 nitrogen and oxygen atoms in total. The maximum Gasteiger partial charge on any atom is 0.237 e. The van der Waals surface area contributed by atoms with E-state index in [9.17, 15) is 9.59 Å². The van der Waals surface area contributed by atoms with Crippen LogP contribution in [0.4, 0.5) is 11.4 Å². The first kappa shape index (κ1) is 18.1. The Balaban J connectivity index is 1.84. The molecule has 1 heterocycles. The van der Waals surface area contributed by atoms with Crippen LogP contribution < -0.4 is 10.2 Å². The lowest BCUT2D eigenvalue weighted by Crippen LogP contribution is -2.40. The predicted molar refractivity (Wildman–Crippen MR) is 104 cm³/mol. The van der Waals surface area contributed by atoms with Crippen LogP contribution in [0.3, 0.4) is 0 Å². The summed E-state index contributed by atoms with van der Waals surface area (Å²) in [4.78, 5) is 27.3. The molecule has 1 aliphatic rings. The molecule has 0 saturated heterocycles. The Morgan fingerprint density at radius 1 is 1.20 bits per heavy atom. The Hall–Kier alpha value is -1.69. The van der Waals surface area contributed by atoms with E-state index in [4.69, 9.17) is 23.2 Å². The minimum Gasteiger partial charge on any atom is -0.324 e. The molecule has 0 spiro atoms. The van der Waals surface area contributed by atoms with E-state index < -0.39 is 0 Å². The lowest BCUT2D eigenvalue weighted by molar-refractivity contribution is -0.117. The third-order valence-electron chi connectivity index (χ3n) is 3.89. The standard InChI is InChI=1S/C18H16Cl2N2O2S/c1-11-9-16(23)21-14-7-2-3-8-15(14)22(11)17(24)10-25-18-12(19)5-4-6-13(18)20/h2-8,11H,9-10H2,1H3,(H,21,23)/t11-/m1/s1. The number of carbonyl (C=O) groups is 2. The molecule has 1 aliphatic heterocycles. The van der Waals surface area contributed by atoms with Crippen molar-refractivity contribution >= 4 is 58.2 Å². The molecule has 2 aromatic rings. The van der Waals surface area contributed by atoms with Crippen LogP contribution in [0, 0.1) is 0 Å². The molecule has 130 valence electrons. The van der Waals surface area contributed by atoms with Crippen molar-refractivity contribution in [2.75, 3.05) is 16.0 Å². The Kier molecular flexibility index (Phi) is 5.57. The molecular formula is C18H16Cl2N2O2S. The number of nitrogens with zero attached hydrogens (tertiary/aromatic N) is 1. The molecule has 0 saturated carbocycles. The molecule has 2 amide bonds. The highest BCUT2D eigenvalue weighted by atomic mass is 35.5. The van der Waals surface area contributed by atoms with E-state index in [-0.39, 0.29) is 30.0 Å². The normalized spacial score (nSPS) is 16.8. The molecular weight excluding hydrogens is 379 g/mol. The van der Waals surface area contributed by atoms with Crippen molar-refractivity contribution in [2.45, 2.75) is 24.3 Å². The second kappa shape index (κ2) is 7.68. The maximum absolute atomic E-state index is 12.9. The molecule has 1 atom stereocenters. The molecule has 3 rings (SSSR count). The van der Waals surface area contributed by atoms with Crippen LogP contribution in [0.15, 0.2) is 47.4 Å². The average Bonchev–Trinajstić information content (AvgIpc) is 2.68. The van der Waals surface area contributed by atoms with Crippen molar-refractivity contribution in [3.8, 4) is 0 Å². The fourth-order valence-electron chi connectivity index (χ4n) is 2.79. The van der Waals surface area contributed by atoms with Gasteiger partial charge < -0.3 is 10.2 Å². The van der Waals surface area contributed by atoms with E-state index in [1.54, 1.807) is 29.2 Å². The zero-order valence-electron chi connectivity index (χ0n) is 13.5. The molecule has 2 aromatic carbocycles. The summed E-state index contributed by atoms with van der Waals surface area (Å²) in [7, 11) is 0. The number of hydrogen-bond acceptors (Lipinski definition) is 3. The number of rotatable bonds is 3. The fourth-order valence-corrected chi connectivity index (χ4v) is 4.34. The largest absolute Gasteiger partial charge is 0.324 e. The second-order valence-electron chi connectivity index (χ2n) is 5.72. The van der Waals surface area contributed by atoms with Crippen LogP contribution in [-0.2, 0) is 9.59 Å². The van der Waals surface area contributed by atoms with Crippen LogP contribution in [0.2, 0.25) is 10.0 Å². The van der Waals surface area contributed by atoms with E-state index in [1.165, 1.54) is 11.8 Å². The van der Waals surface area contributed by atoms with E-state index in [0.717, 1.165) is 0 Å². The molecule has 25 heavy (non-hydrogen) atoms. The Morgan fingerprint density at radius 3 is 2.60 bits per heavy atom. The van der Waals surface area contributed by atoms with Crippen LogP contribution >= 0.6 is 35.0 Å². The number of carbonyl (C=O) groups excluding carboxylic acids is 2. The Bertz CT molecular complexity index is 808. The van der Waals surface area contributed by atoms with Gasteiger partial charge >= 0.3 is 0 Å². The van der Waals surface area contributed by atoms with E-state index >= 15 is 0 Å². The topological polar surface area (TPSA) is 49.4 Å². The van der Waals surface area contributed by atoms with Gasteiger partial charge in [-0.2, -0.15) is 0 Å². The van der Waals surface area contributed by atoms with Gasteiger partial charge in [-0.1, -0.05) is 41.4 Å². The molecule has 0 fully saturated rings. The predicted octanol–water partition coefficient (Wildman–Crippen LogP) is 4.85. The van der Waals surface area contributed by atoms with Crippen molar-refractivity contribution in [3.05, 3.63) is 52.5 Å². The monoisotopic (exact) mass is 394 g/mol. The maximum atomic E-state index is 12.9. The lowest BCUT2D eigenvalue weighted by atomic mass is 10.2. The fraction of sp³-hybridized carbons (Fsp3) is 0.222. The van der Waals surface area contributed by atoms with Gasteiger partial charge in [0.15, 0.2) is 0 Å². The van der Waals surface area contributed by atoms with Crippen LogP contribution in [0.1, 0.15) is 13.3 Å². The summed E-state index contributed by atoms with van der Waals surface area (Å²) in [5, 5.41) is 3.89. The molecule has 0 aromatic heterocycles. The average molecular weight is 395 g/mol. The van der Waals surface area contributed by atoms with Crippen LogP contribution in [0.25, 0.3) is 0 Å². The molecule has 7 heteroatoms. The molecule has 0 aliphatic carbocycles. The van der Waals surface area contributed by atoms with Gasteiger partial charge in [-0.15, -0.1) is 11.8 Å². The van der Waals surface area contributed by atoms with Gasteiger partial charge in [0.25, 0.3) is 0 Å². The van der Waals surface area contributed by atoms with Crippen LogP contribution in [0.5, 0.6) is 0 Å². The lowest BCUT2D eigenvalue weighted by Gasteiger charge is -2.27. The van der Waals surface area contributed by atoms with Gasteiger partial charge in [-0.05, 0) is 31.2 Å². The van der Waals surface area contributed by atoms with Crippen LogP contribution in [-0.4, -0.2) is 23.6 Å². The molecule has 1 N–H and O–H groups in total. The van der Waals surface area contributed by atoms with E-state index in [1.807, 2.05) is 25.1 Å². The molecule has 0 bridgehead atoms. The summed E-state index contributed by atoms with van der Waals surface area (Å²) in [6.45, 7) is 1.87. The first-order valence-corrected chi connectivity index (χ1v) is 9.49. The minimum atomic E-state index is -0.238. The van der Waals surface area contributed by atoms with Gasteiger partial charge in [0.1, 0.15) is 0 Å². The number of anilines is 2. The minimum absolute atomic E-state index is 0.0996. The number of thioether (sulfide) groups is 1. The summed E-state index contributed by atoms with van der Waals surface area (Å²) < 4.78 is 0. The van der Waals surface area contributed by atoms with Crippen molar-refractivity contribution in [3.63, 3.8) is 0 Å². The summed E-state index contributed by atoms with van der Waals surface area (Å²) >= 11 is 13.6. The van der Waals surface area contributed by atoms with Gasteiger partial charge in [0.05, 0.1) is 27.2 Å². The zero-order valence-corrected chi connectivity index (χ0v) is 15.8. The van der Waals surface area contributed by atoms with Crippen molar-refractivity contribution < 1.29 is 9.59 Å². The summed E-state index contributed by atoms with van der Waals surface area (Å²) in [6, 6.07) is 12.3.